The normalized spacial score (nSPS) is 14.5. The van der Waals surface area contributed by atoms with E-state index < -0.39 is 17.6 Å². The summed E-state index contributed by atoms with van der Waals surface area (Å²) in [6.07, 6.45) is -2.51. The van der Waals surface area contributed by atoms with E-state index in [0.717, 1.165) is 25.9 Å². The number of Topliss-reactive ketones (excluding diaryl/α,β-unsaturated/α-hetero) is 1. The van der Waals surface area contributed by atoms with E-state index in [2.05, 4.69) is 25.5 Å². The fraction of sp³-hybridized carbons (Fsp3) is 0.357. The van der Waals surface area contributed by atoms with Crippen LogP contribution in [0.1, 0.15) is 51.6 Å². The lowest BCUT2D eigenvalue weighted by molar-refractivity contribution is -0.139. The number of carbonyl (C=O) groups is 2. The first-order valence-electron chi connectivity index (χ1n) is 12.6. The van der Waals surface area contributed by atoms with Crippen molar-refractivity contribution in [1.82, 2.24) is 20.2 Å². The molecule has 0 radical (unpaired) electrons. The first kappa shape index (κ1) is 28.8. The molecule has 0 saturated carbocycles. The van der Waals surface area contributed by atoms with Crippen LogP contribution in [0.25, 0.3) is 0 Å². The number of carbonyl (C=O) groups excluding carboxylic acids is 2. The molecule has 3 aromatic rings. The molecule has 0 unspecified atom stereocenters. The number of ether oxygens (including phenoxy) is 2. The maximum absolute atomic E-state index is 13.8. The van der Waals surface area contributed by atoms with Crippen molar-refractivity contribution in [2.75, 3.05) is 32.6 Å². The van der Waals surface area contributed by atoms with Crippen LogP contribution in [0.4, 0.5) is 24.8 Å². The zero-order chi connectivity index (χ0) is 29.0. The van der Waals surface area contributed by atoms with Crippen LogP contribution in [-0.2, 0) is 6.18 Å². The van der Waals surface area contributed by atoms with E-state index in [1.807, 2.05) is 7.05 Å². The molecule has 1 aliphatic heterocycles. The van der Waals surface area contributed by atoms with Gasteiger partial charge in [0.25, 0.3) is 5.91 Å². The Morgan fingerprint density at radius 3 is 2.48 bits per heavy atom. The Kier molecular flexibility index (Phi) is 8.58. The van der Waals surface area contributed by atoms with Crippen molar-refractivity contribution < 1.29 is 32.2 Å². The first-order chi connectivity index (χ1) is 19.0. The molecule has 4 rings (SSSR count). The number of benzene rings is 2. The molecular formula is C28H30F3N5O4. The summed E-state index contributed by atoms with van der Waals surface area (Å²) in [5.74, 6) is -1.38. The predicted octanol–water partition coefficient (Wildman–Crippen LogP) is 5.37. The minimum atomic E-state index is -4.81. The van der Waals surface area contributed by atoms with E-state index in [-0.39, 0.29) is 40.7 Å². The van der Waals surface area contributed by atoms with Gasteiger partial charge in [-0.25, -0.2) is 4.98 Å². The Balaban J connectivity index is 1.59. The van der Waals surface area contributed by atoms with Gasteiger partial charge in [0, 0.05) is 17.8 Å². The summed E-state index contributed by atoms with van der Waals surface area (Å²) in [4.78, 5) is 34.9. The summed E-state index contributed by atoms with van der Waals surface area (Å²) in [6, 6.07) is 9.35. The van der Waals surface area contributed by atoms with Crippen molar-refractivity contribution in [3.63, 3.8) is 0 Å². The van der Waals surface area contributed by atoms with Gasteiger partial charge in [-0.3, -0.25) is 9.59 Å². The molecule has 2 heterocycles. The summed E-state index contributed by atoms with van der Waals surface area (Å²) >= 11 is 0. The maximum atomic E-state index is 13.8. The molecule has 212 valence electrons. The number of nitrogens with one attached hydrogen (secondary N) is 2. The van der Waals surface area contributed by atoms with E-state index >= 15 is 0 Å². The van der Waals surface area contributed by atoms with Crippen LogP contribution >= 0.6 is 0 Å². The third-order valence-electron chi connectivity index (χ3n) is 6.62. The predicted molar refractivity (Wildman–Crippen MR) is 143 cm³/mol. The number of likely N-dealkylation sites (tertiary alicyclic amines) is 1. The van der Waals surface area contributed by atoms with Gasteiger partial charge in [0.1, 0.15) is 17.1 Å². The van der Waals surface area contributed by atoms with Crippen molar-refractivity contribution in [2.24, 2.45) is 0 Å². The number of alkyl halides is 3. The second-order valence-electron chi connectivity index (χ2n) is 9.61. The average molecular weight is 558 g/mol. The van der Waals surface area contributed by atoms with Gasteiger partial charge < -0.3 is 25.0 Å². The smallest absolute Gasteiger partial charge is 0.423 e. The quantitative estimate of drug-likeness (QED) is 0.356. The van der Waals surface area contributed by atoms with Crippen molar-refractivity contribution in [3.05, 3.63) is 64.8 Å². The van der Waals surface area contributed by atoms with Crippen molar-refractivity contribution in [3.8, 4) is 17.4 Å². The van der Waals surface area contributed by atoms with Crippen LogP contribution in [0.2, 0.25) is 0 Å². The Morgan fingerprint density at radius 1 is 1.10 bits per heavy atom. The maximum Gasteiger partial charge on any atom is 0.423 e. The number of hydrogen-bond acceptors (Lipinski definition) is 8. The van der Waals surface area contributed by atoms with Crippen LogP contribution in [0.5, 0.6) is 17.4 Å². The monoisotopic (exact) mass is 557 g/mol. The number of ketones is 1. The minimum absolute atomic E-state index is 0.0554. The van der Waals surface area contributed by atoms with E-state index in [0.29, 0.717) is 23.0 Å². The number of anilines is 2. The van der Waals surface area contributed by atoms with E-state index in [4.69, 9.17) is 9.47 Å². The molecule has 0 atom stereocenters. The van der Waals surface area contributed by atoms with E-state index in [1.54, 1.807) is 31.2 Å². The number of methoxy groups -OCH3 is 1. The molecule has 0 bridgehead atoms. The Labute approximate surface area is 229 Å². The van der Waals surface area contributed by atoms with Gasteiger partial charge in [0.15, 0.2) is 5.78 Å². The summed E-state index contributed by atoms with van der Waals surface area (Å²) < 4.78 is 52.3. The Hall–Kier alpha value is -4.19. The third kappa shape index (κ3) is 6.68. The lowest BCUT2D eigenvalue weighted by Gasteiger charge is -2.29. The average Bonchev–Trinajstić information content (AvgIpc) is 2.89. The van der Waals surface area contributed by atoms with Crippen molar-refractivity contribution in [1.29, 1.82) is 0 Å². The number of nitrogens with zero attached hydrogens (tertiary/aromatic N) is 3. The lowest BCUT2D eigenvalue weighted by atomic mass is 10.0. The highest BCUT2D eigenvalue weighted by molar-refractivity contribution is 5.98. The number of halogens is 3. The molecule has 0 spiro atoms. The summed E-state index contributed by atoms with van der Waals surface area (Å²) in [6.45, 7) is 4.76. The first-order valence-corrected chi connectivity index (χ1v) is 12.6. The standard InChI is InChI=1S/C28H30F3N5O4/c1-16-6-5-7-22(24(16)17(2)37)40-26-20(28(29,30)31)15-32-27(35-26)34-21-9-8-18(14-23(21)39-4)25(38)33-19-10-12-36(3)13-11-19/h5-9,14-15,19H,10-13H2,1-4H3,(H,33,38)(H,32,34,35). The molecule has 1 aromatic heterocycles. The molecule has 1 amide bonds. The highest BCUT2D eigenvalue weighted by Crippen LogP contribution is 2.39. The molecule has 1 saturated heterocycles. The molecular weight excluding hydrogens is 527 g/mol. The minimum Gasteiger partial charge on any atom is -0.495 e. The zero-order valence-electron chi connectivity index (χ0n) is 22.6. The fourth-order valence-corrected chi connectivity index (χ4v) is 4.46. The van der Waals surface area contributed by atoms with Crippen LogP contribution < -0.4 is 20.1 Å². The number of piperidine rings is 1. The van der Waals surface area contributed by atoms with E-state index in [1.165, 1.54) is 26.2 Å². The molecule has 2 N–H and O–H groups in total. The second-order valence-corrected chi connectivity index (χ2v) is 9.61. The molecule has 1 aliphatic rings. The number of aromatic nitrogens is 2. The molecule has 12 heteroatoms. The summed E-state index contributed by atoms with van der Waals surface area (Å²) in [7, 11) is 3.44. The van der Waals surface area contributed by atoms with Gasteiger partial charge in [-0.15, -0.1) is 0 Å². The molecule has 1 fully saturated rings. The number of aryl methyl sites for hydroxylation is 1. The number of rotatable bonds is 8. The van der Waals surface area contributed by atoms with E-state index in [9.17, 15) is 22.8 Å². The lowest BCUT2D eigenvalue weighted by Crippen LogP contribution is -2.43. The number of amides is 1. The van der Waals surface area contributed by atoms with Gasteiger partial charge in [-0.05, 0) is 76.7 Å². The summed E-state index contributed by atoms with van der Waals surface area (Å²) in [5.41, 5.74) is 0.191. The highest BCUT2D eigenvalue weighted by Gasteiger charge is 2.37. The topological polar surface area (TPSA) is 106 Å². The van der Waals surface area contributed by atoms with Gasteiger partial charge in [0.05, 0.1) is 18.4 Å². The molecule has 9 nitrogen and oxygen atoms in total. The van der Waals surface area contributed by atoms with Gasteiger partial charge in [0.2, 0.25) is 11.8 Å². The summed E-state index contributed by atoms with van der Waals surface area (Å²) in [5, 5.41) is 5.86. The van der Waals surface area contributed by atoms with Gasteiger partial charge >= 0.3 is 6.18 Å². The molecule has 40 heavy (non-hydrogen) atoms. The van der Waals surface area contributed by atoms with Gasteiger partial charge in [-0.2, -0.15) is 18.2 Å². The highest BCUT2D eigenvalue weighted by atomic mass is 19.4. The van der Waals surface area contributed by atoms with Gasteiger partial charge in [-0.1, -0.05) is 12.1 Å². The Bertz CT molecular complexity index is 1410. The zero-order valence-corrected chi connectivity index (χ0v) is 22.6. The van der Waals surface area contributed by atoms with Crippen molar-refractivity contribution >= 4 is 23.3 Å². The van der Waals surface area contributed by atoms with Crippen LogP contribution in [0, 0.1) is 6.92 Å². The molecule has 0 aliphatic carbocycles. The molecule has 2 aromatic carbocycles. The van der Waals surface area contributed by atoms with Crippen LogP contribution in [0.15, 0.2) is 42.6 Å². The van der Waals surface area contributed by atoms with Crippen LogP contribution in [0.3, 0.4) is 0 Å². The Morgan fingerprint density at radius 2 is 1.82 bits per heavy atom. The second kappa shape index (κ2) is 11.9. The largest absolute Gasteiger partial charge is 0.495 e. The SMILES string of the molecule is COc1cc(C(=O)NC2CCN(C)CC2)ccc1Nc1ncc(C(F)(F)F)c(Oc2cccc(C)c2C(C)=O)n1. The van der Waals surface area contributed by atoms with Crippen molar-refractivity contribution in [2.45, 2.75) is 38.9 Å². The fourth-order valence-electron chi connectivity index (χ4n) is 4.46. The number of hydrogen-bond donors (Lipinski definition) is 2. The van der Waals surface area contributed by atoms with Crippen LogP contribution in [-0.4, -0.2) is 59.8 Å². The third-order valence-corrected chi connectivity index (χ3v) is 6.62.